The number of para-hydroxylation sites is 2. The number of aromatic nitrogens is 3. The summed E-state index contributed by atoms with van der Waals surface area (Å²) in [6.45, 7) is 2.07. The van der Waals surface area contributed by atoms with Crippen LogP contribution in [0.3, 0.4) is 0 Å². The summed E-state index contributed by atoms with van der Waals surface area (Å²) in [5.41, 5.74) is 1.77. The van der Waals surface area contributed by atoms with Crippen molar-refractivity contribution in [2.24, 2.45) is 0 Å². The van der Waals surface area contributed by atoms with Crippen LogP contribution in [-0.4, -0.2) is 20.0 Å². The molecule has 0 aliphatic carbocycles. The Hall–Kier alpha value is -4.00. The molecule has 1 amide bonds. The molecule has 0 aliphatic rings. The number of pyridine rings is 1. The van der Waals surface area contributed by atoms with E-state index in [1.54, 1.807) is 54.9 Å². The summed E-state index contributed by atoms with van der Waals surface area (Å²) in [5, 5.41) is 3.19. The molecule has 1 N–H and O–H groups in total. The molecular formula is C24H22N4O3. The molecule has 2 heterocycles. The highest BCUT2D eigenvalue weighted by Gasteiger charge is 2.17. The standard InChI is InChI=1S/C24H22N4O3/c1-2-18-9-3-5-11-20(18)28-23(30)19-10-4-6-12-21(19)27(24(28)31)16-22(29)26-15-17-8-7-13-25-14-17/h3-14H,2,15-16H2,1H3,(H,26,29). The van der Waals surface area contributed by atoms with Gasteiger partial charge in [-0.25, -0.2) is 9.36 Å². The van der Waals surface area contributed by atoms with Crippen molar-refractivity contribution in [3.63, 3.8) is 0 Å². The van der Waals surface area contributed by atoms with E-state index in [1.807, 2.05) is 25.1 Å². The predicted octanol–water partition coefficient (Wildman–Crippen LogP) is 2.43. The molecule has 0 saturated carbocycles. The normalized spacial score (nSPS) is 10.9. The van der Waals surface area contributed by atoms with E-state index in [9.17, 15) is 14.4 Å². The van der Waals surface area contributed by atoms with Crippen molar-refractivity contribution in [1.29, 1.82) is 0 Å². The first-order valence-electron chi connectivity index (χ1n) is 10.1. The fourth-order valence-electron chi connectivity index (χ4n) is 3.62. The monoisotopic (exact) mass is 414 g/mol. The lowest BCUT2D eigenvalue weighted by Crippen LogP contribution is -2.42. The van der Waals surface area contributed by atoms with Crippen LogP contribution in [0.25, 0.3) is 16.6 Å². The molecule has 2 aromatic carbocycles. The number of rotatable bonds is 6. The van der Waals surface area contributed by atoms with Crippen LogP contribution in [-0.2, 0) is 24.3 Å². The van der Waals surface area contributed by atoms with Gasteiger partial charge in [0.25, 0.3) is 5.56 Å². The van der Waals surface area contributed by atoms with Crippen LogP contribution in [0.2, 0.25) is 0 Å². The van der Waals surface area contributed by atoms with Gasteiger partial charge in [-0.1, -0.05) is 43.3 Å². The third-order valence-electron chi connectivity index (χ3n) is 5.18. The molecule has 0 aliphatic heterocycles. The van der Waals surface area contributed by atoms with Crippen LogP contribution in [0.1, 0.15) is 18.1 Å². The molecule has 31 heavy (non-hydrogen) atoms. The molecule has 0 unspecified atom stereocenters. The van der Waals surface area contributed by atoms with Crippen LogP contribution in [0.15, 0.2) is 82.6 Å². The van der Waals surface area contributed by atoms with Crippen molar-refractivity contribution in [1.82, 2.24) is 19.4 Å². The zero-order valence-corrected chi connectivity index (χ0v) is 17.1. The van der Waals surface area contributed by atoms with Gasteiger partial charge >= 0.3 is 5.69 Å². The van der Waals surface area contributed by atoms with E-state index >= 15 is 0 Å². The molecule has 0 spiro atoms. The number of aryl methyl sites for hydroxylation is 1. The van der Waals surface area contributed by atoms with Crippen molar-refractivity contribution in [3.8, 4) is 5.69 Å². The summed E-state index contributed by atoms with van der Waals surface area (Å²) >= 11 is 0. The zero-order chi connectivity index (χ0) is 21.8. The number of carbonyl (C=O) groups excluding carboxylic acids is 1. The minimum absolute atomic E-state index is 0.200. The Kier molecular flexibility index (Phi) is 5.75. The molecule has 0 radical (unpaired) electrons. The maximum absolute atomic E-state index is 13.4. The average molecular weight is 414 g/mol. The van der Waals surface area contributed by atoms with E-state index in [1.165, 1.54) is 4.57 Å². The first kappa shape index (κ1) is 20.3. The number of nitrogens with one attached hydrogen (secondary N) is 1. The lowest BCUT2D eigenvalue weighted by molar-refractivity contribution is -0.121. The summed E-state index contributed by atoms with van der Waals surface area (Å²) in [7, 11) is 0. The van der Waals surface area contributed by atoms with Crippen LogP contribution in [0.4, 0.5) is 0 Å². The summed E-state index contributed by atoms with van der Waals surface area (Å²) in [6.07, 6.45) is 4.00. The van der Waals surface area contributed by atoms with Crippen molar-refractivity contribution in [2.45, 2.75) is 26.4 Å². The van der Waals surface area contributed by atoms with Crippen molar-refractivity contribution < 1.29 is 4.79 Å². The van der Waals surface area contributed by atoms with Gasteiger partial charge in [0.2, 0.25) is 5.91 Å². The quantitative estimate of drug-likeness (QED) is 0.525. The Bertz CT molecular complexity index is 1360. The van der Waals surface area contributed by atoms with Crippen LogP contribution in [0, 0.1) is 0 Å². The number of nitrogens with zero attached hydrogens (tertiary/aromatic N) is 3. The first-order valence-corrected chi connectivity index (χ1v) is 10.1. The molecule has 0 atom stereocenters. The Balaban J connectivity index is 1.79. The van der Waals surface area contributed by atoms with Gasteiger partial charge in [-0.2, -0.15) is 0 Å². The molecule has 0 bridgehead atoms. The number of hydrogen-bond acceptors (Lipinski definition) is 4. The minimum Gasteiger partial charge on any atom is -0.350 e. The average Bonchev–Trinajstić information content (AvgIpc) is 2.81. The molecule has 4 aromatic rings. The van der Waals surface area contributed by atoms with Gasteiger partial charge in [0.05, 0.1) is 16.6 Å². The van der Waals surface area contributed by atoms with E-state index < -0.39 is 11.2 Å². The molecule has 4 rings (SSSR count). The number of benzene rings is 2. The van der Waals surface area contributed by atoms with E-state index in [-0.39, 0.29) is 12.5 Å². The van der Waals surface area contributed by atoms with Gasteiger partial charge in [-0.05, 0) is 41.8 Å². The van der Waals surface area contributed by atoms with Crippen LogP contribution in [0.5, 0.6) is 0 Å². The Morgan fingerprint density at radius 1 is 1.00 bits per heavy atom. The van der Waals surface area contributed by atoms with Gasteiger partial charge in [0, 0.05) is 18.9 Å². The van der Waals surface area contributed by atoms with Crippen molar-refractivity contribution in [2.75, 3.05) is 0 Å². The number of carbonyl (C=O) groups is 1. The van der Waals surface area contributed by atoms with Crippen molar-refractivity contribution >= 4 is 16.8 Å². The SMILES string of the molecule is CCc1ccccc1-n1c(=O)c2ccccc2n(CC(=O)NCc2cccnc2)c1=O. The summed E-state index contributed by atoms with van der Waals surface area (Å²) in [5.74, 6) is -0.329. The molecule has 2 aromatic heterocycles. The Morgan fingerprint density at radius 3 is 2.55 bits per heavy atom. The summed E-state index contributed by atoms with van der Waals surface area (Å²) < 4.78 is 2.51. The number of fused-ring (bicyclic) bond motifs is 1. The third kappa shape index (κ3) is 4.02. The van der Waals surface area contributed by atoms with Gasteiger partial charge in [0.15, 0.2) is 0 Å². The fraction of sp³-hybridized carbons (Fsp3) is 0.167. The van der Waals surface area contributed by atoms with Crippen LogP contribution < -0.4 is 16.6 Å². The second-order valence-corrected chi connectivity index (χ2v) is 7.15. The number of hydrogen-bond donors (Lipinski definition) is 1. The lowest BCUT2D eigenvalue weighted by atomic mass is 10.1. The van der Waals surface area contributed by atoms with Gasteiger partial charge in [-0.3, -0.25) is 19.1 Å². The van der Waals surface area contributed by atoms with Crippen molar-refractivity contribution in [3.05, 3.63) is 105 Å². The highest BCUT2D eigenvalue weighted by atomic mass is 16.2. The maximum Gasteiger partial charge on any atom is 0.336 e. The summed E-state index contributed by atoms with van der Waals surface area (Å²) in [4.78, 5) is 43.3. The fourth-order valence-corrected chi connectivity index (χ4v) is 3.62. The lowest BCUT2D eigenvalue weighted by Gasteiger charge is -2.16. The second kappa shape index (κ2) is 8.79. The summed E-state index contributed by atoms with van der Waals surface area (Å²) in [6, 6.07) is 17.8. The molecule has 7 heteroatoms. The topological polar surface area (TPSA) is 86.0 Å². The third-order valence-corrected chi connectivity index (χ3v) is 5.18. The minimum atomic E-state index is -0.541. The highest BCUT2D eigenvalue weighted by molar-refractivity contribution is 5.82. The van der Waals surface area contributed by atoms with E-state index in [0.717, 1.165) is 15.7 Å². The van der Waals surface area contributed by atoms with E-state index in [4.69, 9.17) is 0 Å². The Morgan fingerprint density at radius 2 is 1.77 bits per heavy atom. The van der Waals surface area contributed by atoms with Crippen LogP contribution >= 0.6 is 0 Å². The smallest absolute Gasteiger partial charge is 0.336 e. The Labute approximate surface area is 178 Å². The van der Waals surface area contributed by atoms with Gasteiger partial charge in [0.1, 0.15) is 6.54 Å². The molecule has 156 valence electrons. The molecule has 0 fully saturated rings. The van der Waals surface area contributed by atoms with Gasteiger partial charge in [-0.15, -0.1) is 0 Å². The van der Waals surface area contributed by atoms with Gasteiger partial charge < -0.3 is 5.32 Å². The molecular weight excluding hydrogens is 392 g/mol. The van der Waals surface area contributed by atoms with E-state index in [0.29, 0.717) is 29.6 Å². The first-order chi connectivity index (χ1) is 15.1. The molecule has 0 saturated heterocycles. The maximum atomic E-state index is 13.4. The largest absolute Gasteiger partial charge is 0.350 e. The molecule has 7 nitrogen and oxygen atoms in total. The highest BCUT2D eigenvalue weighted by Crippen LogP contribution is 2.14. The zero-order valence-electron chi connectivity index (χ0n) is 17.1. The van der Waals surface area contributed by atoms with E-state index in [2.05, 4.69) is 10.3 Å². The number of amides is 1. The second-order valence-electron chi connectivity index (χ2n) is 7.15. The predicted molar refractivity (Wildman–Crippen MR) is 119 cm³/mol.